The molecule has 2 amide bonds. The van der Waals surface area contributed by atoms with Gasteiger partial charge in [-0.1, -0.05) is 80.4 Å². The van der Waals surface area contributed by atoms with Crippen molar-refractivity contribution in [1.82, 2.24) is 24.6 Å². The number of thioether (sulfide) groups is 1. The summed E-state index contributed by atoms with van der Waals surface area (Å²) >= 11 is 1.64. The summed E-state index contributed by atoms with van der Waals surface area (Å²) in [5.74, 6) is 2.12. The summed E-state index contributed by atoms with van der Waals surface area (Å²) < 4.78 is 2.12. The van der Waals surface area contributed by atoms with Crippen molar-refractivity contribution in [3.8, 4) is 17.1 Å². The van der Waals surface area contributed by atoms with Gasteiger partial charge in [0.1, 0.15) is 0 Å². The van der Waals surface area contributed by atoms with Gasteiger partial charge in [0.2, 0.25) is 11.8 Å². The van der Waals surface area contributed by atoms with Gasteiger partial charge in [-0.05, 0) is 57.7 Å². The molecule has 2 heterocycles. The zero-order chi connectivity index (χ0) is 29.4. The van der Waals surface area contributed by atoms with Gasteiger partial charge < -0.3 is 9.80 Å². The fourth-order valence-electron chi connectivity index (χ4n) is 5.50. The Kier molecular flexibility index (Phi) is 11.0. The van der Waals surface area contributed by atoms with E-state index in [-0.39, 0.29) is 23.8 Å². The quantitative estimate of drug-likeness (QED) is 0.178. The van der Waals surface area contributed by atoms with Crippen molar-refractivity contribution in [2.75, 3.05) is 25.4 Å². The van der Waals surface area contributed by atoms with Crippen molar-refractivity contribution in [3.63, 3.8) is 0 Å². The number of aryl methyl sites for hydroxylation is 2. The molecule has 2 unspecified atom stereocenters. The van der Waals surface area contributed by atoms with E-state index in [0.717, 1.165) is 60.1 Å². The minimum Gasteiger partial charge on any atom is -0.339 e. The third kappa shape index (κ3) is 7.79. The highest BCUT2D eigenvalue weighted by Crippen LogP contribution is 2.29. The molecule has 220 valence electrons. The molecule has 2 atom stereocenters. The number of hydrogen-bond donors (Lipinski definition) is 0. The summed E-state index contributed by atoms with van der Waals surface area (Å²) in [6.07, 6.45) is 5.28. The number of piperazine rings is 1. The maximum atomic E-state index is 13.1. The second kappa shape index (κ2) is 14.7. The molecule has 0 bridgehead atoms. The topological polar surface area (TPSA) is 71.3 Å². The van der Waals surface area contributed by atoms with Gasteiger partial charge >= 0.3 is 0 Å². The summed E-state index contributed by atoms with van der Waals surface area (Å²) in [4.78, 5) is 30.2. The molecule has 0 saturated carbocycles. The van der Waals surface area contributed by atoms with E-state index in [0.29, 0.717) is 26.1 Å². The van der Waals surface area contributed by atoms with Crippen LogP contribution in [0.4, 0.5) is 0 Å². The Morgan fingerprint density at radius 2 is 1.78 bits per heavy atom. The molecule has 8 heteroatoms. The Hall–Kier alpha value is -3.13. The molecule has 0 N–H and O–H groups in total. The number of nitrogens with zero attached hydrogens (tertiary/aromatic N) is 5. The summed E-state index contributed by atoms with van der Waals surface area (Å²) in [5.41, 5.74) is 4.43. The monoisotopic (exact) mass is 575 g/mol. The van der Waals surface area contributed by atoms with Gasteiger partial charge in [0.05, 0.1) is 0 Å². The van der Waals surface area contributed by atoms with Gasteiger partial charge in [0.15, 0.2) is 11.0 Å². The van der Waals surface area contributed by atoms with Crippen molar-refractivity contribution >= 4 is 23.6 Å². The van der Waals surface area contributed by atoms with Crippen LogP contribution >= 0.6 is 11.8 Å². The van der Waals surface area contributed by atoms with E-state index in [9.17, 15) is 9.59 Å². The second-order valence-electron chi connectivity index (χ2n) is 11.3. The molecule has 0 radical (unpaired) electrons. The zero-order valence-electron chi connectivity index (χ0n) is 25.3. The minimum absolute atomic E-state index is 0.0540. The van der Waals surface area contributed by atoms with Crippen LogP contribution in [0.1, 0.15) is 70.4 Å². The first kappa shape index (κ1) is 30.8. The van der Waals surface area contributed by atoms with Crippen LogP contribution in [-0.4, -0.2) is 67.8 Å². The number of rotatable bonds is 12. The molecule has 3 aromatic rings. The van der Waals surface area contributed by atoms with Gasteiger partial charge in [-0.25, -0.2) is 0 Å². The van der Waals surface area contributed by atoms with E-state index in [2.05, 4.69) is 97.9 Å². The van der Waals surface area contributed by atoms with Gasteiger partial charge in [0, 0.05) is 55.0 Å². The molecule has 0 spiro atoms. The number of hydrogen-bond acceptors (Lipinski definition) is 5. The third-order valence-electron chi connectivity index (χ3n) is 7.98. The first-order chi connectivity index (χ1) is 19.8. The first-order valence-corrected chi connectivity index (χ1v) is 16.1. The Labute approximate surface area is 249 Å². The highest BCUT2D eigenvalue weighted by Gasteiger charge is 2.32. The maximum Gasteiger partial charge on any atom is 0.226 e. The van der Waals surface area contributed by atoms with E-state index in [1.54, 1.807) is 11.8 Å². The van der Waals surface area contributed by atoms with Crippen LogP contribution < -0.4 is 0 Å². The summed E-state index contributed by atoms with van der Waals surface area (Å²) in [7, 11) is 0. The van der Waals surface area contributed by atoms with Gasteiger partial charge in [-0.3, -0.25) is 14.2 Å². The number of carbonyl (C=O) groups excluding carboxylic acids is 2. The fraction of sp³-hybridized carbons (Fsp3) is 0.515. The fourth-order valence-corrected chi connectivity index (χ4v) is 6.39. The average molecular weight is 576 g/mol. The molecular formula is C33H45N5O2S. The second-order valence-corrected chi connectivity index (χ2v) is 12.3. The highest BCUT2D eigenvalue weighted by atomic mass is 32.2. The summed E-state index contributed by atoms with van der Waals surface area (Å²) in [6.45, 7) is 12.4. The Bertz CT molecular complexity index is 1310. The molecule has 1 saturated heterocycles. The van der Waals surface area contributed by atoms with Crippen LogP contribution in [0.15, 0.2) is 53.7 Å². The lowest BCUT2D eigenvalue weighted by Gasteiger charge is -2.41. The van der Waals surface area contributed by atoms with Crippen LogP contribution in [0.3, 0.4) is 0 Å². The molecule has 41 heavy (non-hydrogen) atoms. The Balaban J connectivity index is 1.34. The lowest BCUT2D eigenvalue weighted by atomic mass is 9.96. The van der Waals surface area contributed by atoms with E-state index in [4.69, 9.17) is 0 Å². The molecule has 2 aromatic carbocycles. The molecule has 1 aromatic heterocycles. The lowest BCUT2D eigenvalue weighted by Crippen LogP contribution is -2.56. The molecule has 1 fully saturated rings. The van der Waals surface area contributed by atoms with Crippen molar-refractivity contribution in [1.29, 1.82) is 0 Å². The van der Waals surface area contributed by atoms with E-state index >= 15 is 0 Å². The van der Waals surface area contributed by atoms with Crippen molar-refractivity contribution < 1.29 is 9.59 Å². The van der Waals surface area contributed by atoms with Crippen LogP contribution in [0, 0.1) is 19.8 Å². The minimum atomic E-state index is 0.0540. The summed E-state index contributed by atoms with van der Waals surface area (Å²) in [6, 6.07) is 16.8. The van der Waals surface area contributed by atoms with Crippen molar-refractivity contribution in [2.24, 2.45) is 5.92 Å². The van der Waals surface area contributed by atoms with Crippen LogP contribution in [0.5, 0.6) is 0 Å². The molecule has 4 rings (SSSR count). The molecule has 1 aliphatic rings. The number of unbranched alkanes of at least 4 members (excludes halogenated alkanes) is 1. The van der Waals surface area contributed by atoms with Crippen molar-refractivity contribution in [3.05, 3.63) is 59.7 Å². The van der Waals surface area contributed by atoms with Crippen LogP contribution in [0.25, 0.3) is 17.1 Å². The normalized spacial score (nSPS) is 16.2. The van der Waals surface area contributed by atoms with Gasteiger partial charge in [0.25, 0.3) is 0 Å². The van der Waals surface area contributed by atoms with Crippen LogP contribution in [-0.2, 0) is 9.59 Å². The summed E-state index contributed by atoms with van der Waals surface area (Å²) in [5, 5.41) is 9.93. The predicted octanol–water partition coefficient (Wildman–Crippen LogP) is 6.70. The molecule has 1 aliphatic heterocycles. The van der Waals surface area contributed by atoms with E-state index in [1.807, 2.05) is 9.80 Å². The van der Waals surface area contributed by atoms with Gasteiger partial charge in [-0.15, -0.1) is 10.2 Å². The first-order valence-electron chi connectivity index (χ1n) is 15.1. The Morgan fingerprint density at radius 3 is 2.46 bits per heavy atom. The van der Waals surface area contributed by atoms with Crippen molar-refractivity contribution in [2.45, 2.75) is 84.3 Å². The number of aromatic nitrogens is 3. The average Bonchev–Trinajstić information content (AvgIpc) is 3.39. The zero-order valence-corrected chi connectivity index (χ0v) is 26.1. The number of amides is 2. The smallest absolute Gasteiger partial charge is 0.226 e. The highest BCUT2D eigenvalue weighted by molar-refractivity contribution is 7.99. The predicted molar refractivity (Wildman–Crippen MR) is 167 cm³/mol. The molecule has 0 aliphatic carbocycles. The Morgan fingerprint density at radius 1 is 1.00 bits per heavy atom. The maximum absolute atomic E-state index is 13.1. The third-order valence-corrected chi connectivity index (χ3v) is 9.00. The van der Waals surface area contributed by atoms with E-state index < -0.39 is 0 Å². The standard InChI is InChI=1S/C33H45N5O2S/c1-6-8-12-27(7-2)32(40)37-20-19-36(23-26(37)5)30(39)14-10-21-41-33-35-34-31(28-17-15-24(3)16-18-28)38(33)29-13-9-11-25(4)22-29/h9,11,13,15-18,22,26-27H,6-8,10,12,14,19-21,23H2,1-5H3. The molecular weight excluding hydrogens is 530 g/mol. The van der Waals surface area contributed by atoms with E-state index in [1.165, 1.54) is 11.1 Å². The lowest BCUT2D eigenvalue weighted by molar-refractivity contribution is -0.145. The van der Waals surface area contributed by atoms with Crippen LogP contribution in [0.2, 0.25) is 0 Å². The molecule has 7 nitrogen and oxygen atoms in total. The number of benzene rings is 2. The number of carbonyl (C=O) groups is 2. The largest absolute Gasteiger partial charge is 0.339 e. The SMILES string of the molecule is CCCCC(CC)C(=O)N1CCN(C(=O)CCCSc2nnc(-c3ccc(C)cc3)n2-c2cccc(C)c2)CC1C. The van der Waals surface area contributed by atoms with Gasteiger partial charge in [-0.2, -0.15) is 0 Å².